The van der Waals surface area contributed by atoms with Crippen molar-refractivity contribution in [3.63, 3.8) is 0 Å². The van der Waals surface area contributed by atoms with Gasteiger partial charge in [0.2, 0.25) is 11.8 Å². The average molecular weight is 409 g/mol. The molecule has 1 aromatic carbocycles. The molecule has 0 N–H and O–H groups in total. The van der Waals surface area contributed by atoms with E-state index in [4.69, 9.17) is 9.97 Å². The first-order chi connectivity index (χ1) is 14.2. The molecule has 3 rings (SSSR count). The van der Waals surface area contributed by atoms with E-state index in [0.29, 0.717) is 19.4 Å². The summed E-state index contributed by atoms with van der Waals surface area (Å²) in [6, 6.07) is 8.14. The number of rotatable bonds is 5. The summed E-state index contributed by atoms with van der Waals surface area (Å²) < 4.78 is 0. The van der Waals surface area contributed by atoms with E-state index in [9.17, 15) is 9.59 Å². The van der Waals surface area contributed by atoms with Crippen molar-refractivity contribution >= 4 is 11.8 Å². The van der Waals surface area contributed by atoms with E-state index < -0.39 is 0 Å². The fourth-order valence-corrected chi connectivity index (χ4v) is 3.92. The van der Waals surface area contributed by atoms with E-state index in [1.54, 1.807) is 19.0 Å². The van der Waals surface area contributed by atoms with Gasteiger partial charge in [-0.2, -0.15) is 0 Å². The molecule has 0 radical (unpaired) electrons. The second kappa shape index (κ2) is 9.37. The van der Waals surface area contributed by atoms with Gasteiger partial charge < -0.3 is 9.80 Å². The van der Waals surface area contributed by atoms with Crippen molar-refractivity contribution in [3.05, 3.63) is 58.2 Å². The molecule has 1 aromatic heterocycles. The number of nitrogens with zero attached hydrogens (tertiary/aromatic N) is 4. The molecule has 1 atom stereocenters. The van der Waals surface area contributed by atoms with Crippen LogP contribution in [0.4, 0.5) is 0 Å². The van der Waals surface area contributed by atoms with Crippen LogP contribution in [-0.2, 0) is 22.4 Å². The highest BCUT2D eigenvalue weighted by atomic mass is 16.2. The van der Waals surface area contributed by atoms with Gasteiger partial charge >= 0.3 is 0 Å². The summed E-state index contributed by atoms with van der Waals surface area (Å²) in [6.45, 7) is 7.37. The number of aromatic nitrogens is 2. The molecule has 1 aliphatic heterocycles. The predicted octanol–water partition coefficient (Wildman–Crippen LogP) is 2.98. The van der Waals surface area contributed by atoms with Crippen LogP contribution in [0.5, 0.6) is 0 Å². The maximum atomic E-state index is 12.8. The van der Waals surface area contributed by atoms with Gasteiger partial charge in [-0.1, -0.05) is 29.8 Å². The molecule has 0 saturated carbocycles. The summed E-state index contributed by atoms with van der Waals surface area (Å²) in [4.78, 5) is 38.0. The minimum absolute atomic E-state index is 0.0445. The van der Waals surface area contributed by atoms with E-state index >= 15 is 0 Å². The number of hydrogen-bond donors (Lipinski definition) is 0. The Bertz CT molecular complexity index is 898. The molecule has 1 fully saturated rings. The Morgan fingerprint density at radius 1 is 1.03 bits per heavy atom. The van der Waals surface area contributed by atoms with Gasteiger partial charge in [0.25, 0.3) is 0 Å². The molecular formula is C24H32N4O2. The van der Waals surface area contributed by atoms with Crippen molar-refractivity contribution in [2.45, 2.75) is 52.4 Å². The zero-order chi connectivity index (χ0) is 21.8. The molecule has 30 heavy (non-hydrogen) atoms. The Hall–Kier alpha value is -2.76. The molecule has 6 nitrogen and oxygen atoms in total. The third-order valence-electron chi connectivity index (χ3n) is 5.88. The van der Waals surface area contributed by atoms with Crippen LogP contribution in [0.3, 0.4) is 0 Å². The van der Waals surface area contributed by atoms with Gasteiger partial charge in [-0.3, -0.25) is 9.59 Å². The second-order valence-corrected chi connectivity index (χ2v) is 8.54. The van der Waals surface area contributed by atoms with Crippen molar-refractivity contribution in [2.24, 2.45) is 0 Å². The van der Waals surface area contributed by atoms with Crippen LogP contribution in [0.2, 0.25) is 0 Å². The topological polar surface area (TPSA) is 66.4 Å². The van der Waals surface area contributed by atoms with Crippen LogP contribution in [0.1, 0.15) is 52.7 Å². The van der Waals surface area contributed by atoms with E-state index in [0.717, 1.165) is 47.7 Å². The quantitative estimate of drug-likeness (QED) is 0.763. The van der Waals surface area contributed by atoms with E-state index in [2.05, 4.69) is 0 Å². The number of likely N-dealkylation sites (N-methyl/N-ethyl adjacent to an activating group) is 1. The Morgan fingerprint density at radius 3 is 2.27 bits per heavy atom. The number of hydrogen-bond acceptors (Lipinski definition) is 4. The Labute approximate surface area is 179 Å². The first-order valence-corrected chi connectivity index (χ1v) is 10.6. The highest BCUT2D eigenvalue weighted by Gasteiger charge is 2.27. The third kappa shape index (κ3) is 5.23. The maximum Gasteiger partial charge on any atom is 0.227 e. The summed E-state index contributed by atoms with van der Waals surface area (Å²) >= 11 is 0. The van der Waals surface area contributed by atoms with Crippen molar-refractivity contribution in [2.75, 3.05) is 27.2 Å². The standard InChI is InChI=1S/C24H32N4O2/c1-16-8-10-19(11-9-16)13-23(30)28-12-6-7-20(15-28)24-25-17(2)21(18(3)26-24)14-22(29)27(4)5/h8-11,20H,6-7,12-15H2,1-5H3. The lowest BCUT2D eigenvalue weighted by Gasteiger charge is -2.32. The highest BCUT2D eigenvalue weighted by molar-refractivity contribution is 5.79. The second-order valence-electron chi connectivity index (χ2n) is 8.54. The molecule has 1 aliphatic rings. The van der Waals surface area contributed by atoms with Gasteiger partial charge in [-0.05, 0) is 39.2 Å². The Balaban J connectivity index is 1.70. The van der Waals surface area contributed by atoms with Crippen LogP contribution >= 0.6 is 0 Å². The lowest BCUT2D eigenvalue weighted by Crippen LogP contribution is -2.40. The van der Waals surface area contributed by atoms with Crippen LogP contribution in [0.15, 0.2) is 24.3 Å². The van der Waals surface area contributed by atoms with Gasteiger partial charge in [-0.25, -0.2) is 9.97 Å². The molecule has 2 aromatic rings. The molecule has 1 saturated heterocycles. The SMILES string of the molecule is Cc1ccc(CC(=O)N2CCCC(c3nc(C)c(CC(=O)N(C)C)c(C)n3)C2)cc1. The predicted molar refractivity (Wildman–Crippen MR) is 117 cm³/mol. The largest absolute Gasteiger partial charge is 0.349 e. The van der Waals surface area contributed by atoms with Crippen molar-refractivity contribution in [3.8, 4) is 0 Å². The zero-order valence-electron chi connectivity index (χ0n) is 18.7. The number of benzene rings is 1. The molecule has 0 aliphatic carbocycles. The first-order valence-electron chi connectivity index (χ1n) is 10.6. The molecule has 2 heterocycles. The number of carbonyl (C=O) groups is 2. The number of likely N-dealkylation sites (tertiary alicyclic amines) is 1. The Kier molecular flexibility index (Phi) is 6.85. The maximum absolute atomic E-state index is 12.8. The summed E-state index contributed by atoms with van der Waals surface area (Å²) in [5.41, 5.74) is 4.86. The number of amides is 2. The van der Waals surface area contributed by atoms with E-state index in [-0.39, 0.29) is 17.7 Å². The minimum Gasteiger partial charge on any atom is -0.349 e. The minimum atomic E-state index is 0.0445. The zero-order valence-corrected chi connectivity index (χ0v) is 18.7. The molecular weight excluding hydrogens is 376 g/mol. The van der Waals surface area contributed by atoms with E-state index in [1.165, 1.54) is 5.56 Å². The smallest absolute Gasteiger partial charge is 0.227 e. The summed E-state index contributed by atoms with van der Waals surface area (Å²) in [5, 5.41) is 0. The average Bonchev–Trinajstić information content (AvgIpc) is 2.72. The van der Waals surface area contributed by atoms with Gasteiger partial charge in [0.05, 0.1) is 12.8 Å². The fourth-order valence-electron chi connectivity index (χ4n) is 3.92. The monoisotopic (exact) mass is 408 g/mol. The van der Waals surface area contributed by atoms with Gasteiger partial charge in [-0.15, -0.1) is 0 Å². The van der Waals surface area contributed by atoms with Crippen molar-refractivity contribution < 1.29 is 9.59 Å². The number of aryl methyl sites for hydroxylation is 3. The Morgan fingerprint density at radius 2 is 1.67 bits per heavy atom. The van der Waals surface area contributed by atoms with Gasteiger partial charge in [0, 0.05) is 50.1 Å². The van der Waals surface area contributed by atoms with Gasteiger partial charge in [0.1, 0.15) is 5.82 Å². The van der Waals surface area contributed by atoms with Crippen LogP contribution in [-0.4, -0.2) is 58.8 Å². The molecule has 160 valence electrons. The van der Waals surface area contributed by atoms with Gasteiger partial charge in [0.15, 0.2) is 0 Å². The van der Waals surface area contributed by atoms with Crippen LogP contribution in [0, 0.1) is 20.8 Å². The number of carbonyl (C=O) groups excluding carboxylic acids is 2. The van der Waals surface area contributed by atoms with Crippen LogP contribution in [0.25, 0.3) is 0 Å². The fraction of sp³-hybridized carbons (Fsp3) is 0.500. The summed E-state index contributed by atoms with van der Waals surface area (Å²) in [7, 11) is 3.51. The summed E-state index contributed by atoms with van der Waals surface area (Å²) in [5.74, 6) is 1.13. The van der Waals surface area contributed by atoms with Crippen molar-refractivity contribution in [1.82, 2.24) is 19.8 Å². The summed E-state index contributed by atoms with van der Waals surface area (Å²) in [6.07, 6.45) is 2.67. The highest BCUT2D eigenvalue weighted by Crippen LogP contribution is 2.26. The number of piperidine rings is 1. The molecule has 0 spiro atoms. The molecule has 0 bridgehead atoms. The van der Waals surface area contributed by atoms with E-state index in [1.807, 2.05) is 49.9 Å². The first kappa shape index (κ1) is 21.9. The normalized spacial score (nSPS) is 16.4. The lowest BCUT2D eigenvalue weighted by molar-refractivity contribution is -0.131. The third-order valence-corrected chi connectivity index (χ3v) is 5.88. The molecule has 1 unspecified atom stereocenters. The molecule has 6 heteroatoms. The van der Waals surface area contributed by atoms with Crippen LogP contribution < -0.4 is 0 Å². The van der Waals surface area contributed by atoms with Crippen molar-refractivity contribution in [1.29, 1.82) is 0 Å². The lowest BCUT2D eigenvalue weighted by atomic mass is 9.95. The molecule has 2 amide bonds.